The van der Waals surface area contributed by atoms with Gasteiger partial charge in [-0.15, -0.1) is 0 Å². The number of nitrogens with one attached hydrogen (secondary N) is 2. The summed E-state index contributed by atoms with van der Waals surface area (Å²) >= 11 is 0. The van der Waals surface area contributed by atoms with Gasteiger partial charge in [0.2, 0.25) is 5.91 Å². The standard InChI is InChI=1S/C16H22N2O2/c1-11-12(6-4-9-17-11)16(19)18-14-8-10-20-15-7-3-2-5-13(14)15/h2-3,5,7,11-12,14,17H,4,6,8-10H2,1H3,(H,18,19). The van der Waals surface area contributed by atoms with Crippen LogP contribution in [0.1, 0.15) is 37.8 Å². The molecule has 2 aliphatic rings. The van der Waals surface area contributed by atoms with Crippen LogP contribution in [0.5, 0.6) is 5.75 Å². The number of benzene rings is 1. The zero-order valence-corrected chi connectivity index (χ0v) is 11.9. The zero-order chi connectivity index (χ0) is 13.9. The summed E-state index contributed by atoms with van der Waals surface area (Å²) in [6.45, 7) is 3.78. The van der Waals surface area contributed by atoms with Crippen molar-refractivity contribution in [2.45, 2.75) is 38.3 Å². The molecule has 1 aromatic rings. The number of rotatable bonds is 2. The first-order valence-electron chi connectivity index (χ1n) is 7.51. The molecule has 1 amide bonds. The van der Waals surface area contributed by atoms with Gasteiger partial charge in [-0.1, -0.05) is 18.2 Å². The van der Waals surface area contributed by atoms with Crippen LogP contribution in [0.2, 0.25) is 0 Å². The first-order valence-corrected chi connectivity index (χ1v) is 7.51. The number of carbonyl (C=O) groups excluding carboxylic acids is 1. The van der Waals surface area contributed by atoms with E-state index in [0.29, 0.717) is 6.61 Å². The van der Waals surface area contributed by atoms with E-state index in [1.807, 2.05) is 24.3 Å². The SMILES string of the molecule is CC1NCCCC1C(=O)NC1CCOc2ccccc21. The lowest BCUT2D eigenvalue weighted by atomic mass is 9.90. The van der Waals surface area contributed by atoms with Crippen LogP contribution in [-0.4, -0.2) is 25.1 Å². The fourth-order valence-corrected chi connectivity index (χ4v) is 3.17. The summed E-state index contributed by atoms with van der Waals surface area (Å²) in [6, 6.07) is 8.33. The molecule has 2 aliphatic heterocycles. The molecule has 108 valence electrons. The van der Waals surface area contributed by atoms with Gasteiger partial charge in [-0.25, -0.2) is 0 Å². The highest BCUT2D eigenvalue weighted by Crippen LogP contribution is 2.32. The van der Waals surface area contributed by atoms with Gasteiger partial charge in [0, 0.05) is 18.0 Å². The van der Waals surface area contributed by atoms with E-state index in [1.54, 1.807) is 0 Å². The zero-order valence-electron chi connectivity index (χ0n) is 11.9. The Hall–Kier alpha value is -1.55. The minimum Gasteiger partial charge on any atom is -0.493 e. The normalized spacial score (nSPS) is 29.1. The quantitative estimate of drug-likeness (QED) is 0.867. The van der Waals surface area contributed by atoms with Crippen LogP contribution in [0.3, 0.4) is 0 Å². The minimum atomic E-state index is 0.0822. The lowest BCUT2D eigenvalue weighted by molar-refractivity contribution is -0.127. The van der Waals surface area contributed by atoms with Crippen molar-refractivity contribution in [2.75, 3.05) is 13.2 Å². The number of hydrogen-bond donors (Lipinski definition) is 2. The minimum absolute atomic E-state index is 0.0822. The number of para-hydroxylation sites is 1. The van der Waals surface area contributed by atoms with Crippen molar-refractivity contribution in [3.8, 4) is 5.75 Å². The van der Waals surface area contributed by atoms with Crippen LogP contribution in [0.4, 0.5) is 0 Å². The van der Waals surface area contributed by atoms with Crippen molar-refractivity contribution in [3.63, 3.8) is 0 Å². The van der Waals surface area contributed by atoms with Crippen molar-refractivity contribution in [1.82, 2.24) is 10.6 Å². The highest BCUT2D eigenvalue weighted by molar-refractivity contribution is 5.80. The Bertz CT molecular complexity index is 489. The number of fused-ring (bicyclic) bond motifs is 1. The summed E-state index contributed by atoms with van der Waals surface area (Å²) in [6.07, 6.45) is 2.90. The number of ether oxygens (including phenoxy) is 1. The molecular weight excluding hydrogens is 252 g/mol. The second-order valence-corrected chi connectivity index (χ2v) is 5.73. The van der Waals surface area contributed by atoms with E-state index in [9.17, 15) is 4.79 Å². The molecule has 4 nitrogen and oxygen atoms in total. The maximum atomic E-state index is 12.5. The fourth-order valence-electron chi connectivity index (χ4n) is 3.17. The first kappa shape index (κ1) is 13.4. The van der Waals surface area contributed by atoms with Crippen LogP contribution >= 0.6 is 0 Å². The molecule has 2 N–H and O–H groups in total. The smallest absolute Gasteiger partial charge is 0.225 e. The molecular formula is C16H22N2O2. The summed E-state index contributed by atoms with van der Waals surface area (Å²) in [5, 5.41) is 6.60. The average Bonchev–Trinajstić information content (AvgIpc) is 2.48. The Kier molecular flexibility index (Phi) is 3.92. The van der Waals surface area contributed by atoms with Crippen LogP contribution in [0.25, 0.3) is 0 Å². The summed E-state index contributed by atoms with van der Waals surface area (Å²) in [5.74, 6) is 1.16. The summed E-state index contributed by atoms with van der Waals surface area (Å²) in [5.41, 5.74) is 1.10. The van der Waals surface area contributed by atoms with Gasteiger partial charge in [-0.3, -0.25) is 4.79 Å². The van der Waals surface area contributed by atoms with Crippen molar-refractivity contribution >= 4 is 5.91 Å². The van der Waals surface area contributed by atoms with Gasteiger partial charge in [0.05, 0.1) is 18.6 Å². The molecule has 3 rings (SSSR count). The van der Waals surface area contributed by atoms with Gasteiger partial charge in [-0.05, 0) is 32.4 Å². The maximum absolute atomic E-state index is 12.5. The van der Waals surface area contributed by atoms with E-state index in [1.165, 1.54) is 0 Å². The lowest BCUT2D eigenvalue weighted by Gasteiger charge is -2.32. The number of hydrogen-bond acceptors (Lipinski definition) is 3. The van der Waals surface area contributed by atoms with Crippen LogP contribution in [0.15, 0.2) is 24.3 Å². The van der Waals surface area contributed by atoms with Crippen molar-refractivity contribution in [2.24, 2.45) is 5.92 Å². The van der Waals surface area contributed by atoms with Gasteiger partial charge >= 0.3 is 0 Å². The Morgan fingerprint density at radius 1 is 1.35 bits per heavy atom. The second-order valence-electron chi connectivity index (χ2n) is 5.73. The third-order valence-electron chi connectivity index (χ3n) is 4.37. The summed E-state index contributed by atoms with van der Waals surface area (Å²) < 4.78 is 5.64. The van der Waals surface area contributed by atoms with Crippen LogP contribution < -0.4 is 15.4 Å². The predicted octanol–water partition coefficient (Wildman–Crippen LogP) is 2.01. The predicted molar refractivity (Wildman–Crippen MR) is 77.6 cm³/mol. The van der Waals surface area contributed by atoms with Crippen molar-refractivity contribution in [1.29, 1.82) is 0 Å². The largest absolute Gasteiger partial charge is 0.493 e. The highest BCUT2D eigenvalue weighted by Gasteiger charge is 2.30. The number of amides is 1. The molecule has 4 heteroatoms. The monoisotopic (exact) mass is 274 g/mol. The maximum Gasteiger partial charge on any atom is 0.225 e. The van der Waals surface area contributed by atoms with E-state index in [2.05, 4.69) is 17.6 Å². The molecule has 0 spiro atoms. The third kappa shape index (κ3) is 2.66. The molecule has 0 aromatic heterocycles. The Morgan fingerprint density at radius 2 is 2.20 bits per heavy atom. The van der Waals surface area contributed by atoms with Gasteiger partial charge in [0.15, 0.2) is 0 Å². The molecule has 1 saturated heterocycles. The number of piperidine rings is 1. The molecule has 0 bridgehead atoms. The van der Waals surface area contributed by atoms with Crippen LogP contribution in [-0.2, 0) is 4.79 Å². The summed E-state index contributed by atoms with van der Waals surface area (Å²) in [7, 11) is 0. The molecule has 2 heterocycles. The lowest BCUT2D eigenvalue weighted by Crippen LogP contribution is -2.47. The van der Waals surface area contributed by atoms with Gasteiger partial charge in [-0.2, -0.15) is 0 Å². The van der Waals surface area contributed by atoms with Crippen molar-refractivity contribution in [3.05, 3.63) is 29.8 Å². The Morgan fingerprint density at radius 3 is 3.05 bits per heavy atom. The molecule has 20 heavy (non-hydrogen) atoms. The molecule has 1 fully saturated rings. The van der Waals surface area contributed by atoms with Gasteiger partial charge < -0.3 is 15.4 Å². The van der Waals surface area contributed by atoms with E-state index in [4.69, 9.17) is 4.74 Å². The molecule has 1 aromatic carbocycles. The Balaban J connectivity index is 1.70. The van der Waals surface area contributed by atoms with Crippen LogP contribution in [0, 0.1) is 5.92 Å². The van der Waals surface area contributed by atoms with Gasteiger partial charge in [0.25, 0.3) is 0 Å². The first-order chi connectivity index (χ1) is 9.75. The van der Waals surface area contributed by atoms with Crippen molar-refractivity contribution < 1.29 is 9.53 Å². The van der Waals surface area contributed by atoms with E-state index < -0.39 is 0 Å². The molecule has 0 radical (unpaired) electrons. The van der Waals surface area contributed by atoms with E-state index in [-0.39, 0.29) is 23.9 Å². The fraction of sp³-hybridized carbons (Fsp3) is 0.562. The van der Waals surface area contributed by atoms with Gasteiger partial charge in [0.1, 0.15) is 5.75 Å². The topological polar surface area (TPSA) is 50.4 Å². The highest BCUT2D eigenvalue weighted by atomic mass is 16.5. The molecule has 3 atom stereocenters. The average molecular weight is 274 g/mol. The van der Waals surface area contributed by atoms with E-state index >= 15 is 0 Å². The molecule has 3 unspecified atom stereocenters. The van der Waals surface area contributed by atoms with E-state index in [0.717, 1.165) is 37.1 Å². The summed E-state index contributed by atoms with van der Waals surface area (Å²) in [4.78, 5) is 12.5. The second kappa shape index (κ2) is 5.83. The molecule has 0 aliphatic carbocycles. The number of carbonyl (C=O) groups is 1. The molecule has 0 saturated carbocycles. The third-order valence-corrected chi connectivity index (χ3v) is 4.37. The Labute approximate surface area is 119 Å².